The standard InChI is InChI=1S/C14H17N3OS2/c1-3-4-8-19-14-17-16-13(20-14)15-12(18)11-7-5-6-10(2)9-11/h5-7,9H,3-4,8H2,1-2H3,(H,15,16,18). The van der Waals surface area contributed by atoms with Crippen LogP contribution in [0.4, 0.5) is 5.13 Å². The summed E-state index contributed by atoms with van der Waals surface area (Å²) >= 11 is 3.10. The predicted molar refractivity (Wildman–Crippen MR) is 84.7 cm³/mol. The zero-order valence-corrected chi connectivity index (χ0v) is 13.2. The van der Waals surface area contributed by atoms with Gasteiger partial charge in [-0.25, -0.2) is 0 Å². The van der Waals surface area contributed by atoms with E-state index in [1.807, 2.05) is 25.1 Å². The molecule has 0 unspecified atom stereocenters. The first-order valence-corrected chi connectivity index (χ1v) is 8.33. The van der Waals surface area contributed by atoms with Gasteiger partial charge in [0.25, 0.3) is 5.91 Å². The first-order valence-electron chi connectivity index (χ1n) is 6.53. The molecule has 106 valence electrons. The largest absolute Gasteiger partial charge is 0.296 e. The van der Waals surface area contributed by atoms with E-state index >= 15 is 0 Å². The second kappa shape index (κ2) is 7.40. The van der Waals surface area contributed by atoms with Gasteiger partial charge >= 0.3 is 0 Å². The molecule has 1 aromatic carbocycles. The molecular weight excluding hydrogens is 290 g/mol. The number of aryl methyl sites for hydroxylation is 1. The van der Waals surface area contributed by atoms with E-state index < -0.39 is 0 Å². The molecule has 0 bridgehead atoms. The van der Waals surface area contributed by atoms with Crippen molar-refractivity contribution in [2.45, 2.75) is 31.0 Å². The SMILES string of the molecule is CCCCSc1nnc(NC(=O)c2cccc(C)c2)s1. The Morgan fingerprint density at radius 2 is 2.25 bits per heavy atom. The molecule has 1 N–H and O–H groups in total. The zero-order valence-electron chi connectivity index (χ0n) is 11.5. The number of amides is 1. The molecule has 0 aliphatic carbocycles. The van der Waals surface area contributed by atoms with Crippen LogP contribution in [0.3, 0.4) is 0 Å². The van der Waals surface area contributed by atoms with Crippen LogP contribution in [0.25, 0.3) is 0 Å². The minimum Gasteiger partial charge on any atom is -0.296 e. The van der Waals surface area contributed by atoms with Crippen LogP contribution >= 0.6 is 23.1 Å². The molecule has 1 aromatic heterocycles. The molecule has 0 aliphatic heterocycles. The van der Waals surface area contributed by atoms with E-state index in [4.69, 9.17) is 0 Å². The lowest BCUT2D eigenvalue weighted by molar-refractivity contribution is 0.102. The quantitative estimate of drug-likeness (QED) is 0.498. The number of benzene rings is 1. The summed E-state index contributed by atoms with van der Waals surface area (Å²) in [6, 6.07) is 7.48. The number of nitrogens with one attached hydrogen (secondary N) is 1. The fourth-order valence-electron chi connectivity index (χ4n) is 1.58. The van der Waals surface area contributed by atoms with E-state index in [1.54, 1.807) is 17.8 Å². The average Bonchev–Trinajstić information content (AvgIpc) is 2.86. The van der Waals surface area contributed by atoms with Gasteiger partial charge in [-0.3, -0.25) is 10.1 Å². The third-order valence-electron chi connectivity index (χ3n) is 2.63. The Balaban J connectivity index is 1.94. The van der Waals surface area contributed by atoms with E-state index in [9.17, 15) is 4.79 Å². The fraction of sp³-hybridized carbons (Fsp3) is 0.357. The topological polar surface area (TPSA) is 54.9 Å². The molecule has 0 aliphatic rings. The molecule has 20 heavy (non-hydrogen) atoms. The number of aromatic nitrogens is 2. The van der Waals surface area contributed by atoms with Gasteiger partial charge in [0, 0.05) is 11.3 Å². The summed E-state index contributed by atoms with van der Waals surface area (Å²) in [6.07, 6.45) is 2.33. The van der Waals surface area contributed by atoms with Crippen molar-refractivity contribution in [1.29, 1.82) is 0 Å². The van der Waals surface area contributed by atoms with Gasteiger partial charge in [-0.2, -0.15) is 0 Å². The predicted octanol–water partition coefficient (Wildman–Crippen LogP) is 3.99. The monoisotopic (exact) mass is 307 g/mol. The van der Waals surface area contributed by atoms with Gasteiger partial charge < -0.3 is 0 Å². The second-order valence-electron chi connectivity index (χ2n) is 4.40. The summed E-state index contributed by atoms with van der Waals surface area (Å²) in [6.45, 7) is 4.12. The summed E-state index contributed by atoms with van der Waals surface area (Å²) in [5.41, 5.74) is 1.70. The number of anilines is 1. The molecule has 0 saturated heterocycles. The number of thioether (sulfide) groups is 1. The van der Waals surface area contributed by atoms with Gasteiger partial charge in [0.15, 0.2) is 4.34 Å². The highest BCUT2D eigenvalue weighted by Crippen LogP contribution is 2.26. The molecule has 0 radical (unpaired) electrons. The smallest absolute Gasteiger partial charge is 0.257 e. The van der Waals surface area contributed by atoms with Gasteiger partial charge in [-0.05, 0) is 25.5 Å². The van der Waals surface area contributed by atoms with E-state index in [1.165, 1.54) is 17.8 Å². The Morgan fingerprint density at radius 3 is 3.00 bits per heavy atom. The van der Waals surface area contributed by atoms with Crippen molar-refractivity contribution in [3.63, 3.8) is 0 Å². The van der Waals surface area contributed by atoms with Crippen LogP contribution in [0.5, 0.6) is 0 Å². The number of nitrogens with zero attached hydrogens (tertiary/aromatic N) is 2. The number of unbranched alkanes of at least 4 members (excludes halogenated alkanes) is 1. The highest BCUT2D eigenvalue weighted by Gasteiger charge is 2.10. The van der Waals surface area contributed by atoms with Crippen molar-refractivity contribution in [3.8, 4) is 0 Å². The maximum Gasteiger partial charge on any atom is 0.257 e. The van der Waals surface area contributed by atoms with Crippen LogP contribution < -0.4 is 5.32 Å². The van der Waals surface area contributed by atoms with Crippen LogP contribution in [0, 0.1) is 6.92 Å². The lowest BCUT2D eigenvalue weighted by atomic mass is 10.1. The minimum atomic E-state index is -0.144. The Morgan fingerprint density at radius 1 is 1.40 bits per heavy atom. The highest BCUT2D eigenvalue weighted by atomic mass is 32.2. The van der Waals surface area contributed by atoms with E-state index in [-0.39, 0.29) is 5.91 Å². The van der Waals surface area contributed by atoms with Crippen molar-refractivity contribution >= 4 is 34.1 Å². The lowest BCUT2D eigenvalue weighted by Crippen LogP contribution is -2.11. The summed E-state index contributed by atoms with van der Waals surface area (Å²) < 4.78 is 0.901. The highest BCUT2D eigenvalue weighted by molar-refractivity contribution is 8.01. The summed E-state index contributed by atoms with van der Waals surface area (Å²) in [5.74, 6) is 0.895. The molecule has 2 rings (SSSR count). The lowest BCUT2D eigenvalue weighted by Gasteiger charge is -2.01. The van der Waals surface area contributed by atoms with E-state index in [0.29, 0.717) is 10.7 Å². The van der Waals surface area contributed by atoms with Crippen molar-refractivity contribution in [2.75, 3.05) is 11.1 Å². The maximum atomic E-state index is 12.1. The number of hydrogen-bond acceptors (Lipinski definition) is 5. The fourth-order valence-corrected chi connectivity index (χ4v) is 3.48. The molecule has 0 spiro atoms. The number of carbonyl (C=O) groups excluding carboxylic acids is 1. The molecule has 1 amide bonds. The molecule has 4 nitrogen and oxygen atoms in total. The molecular formula is C14H17N3OS2. The Kier molecular flexibility index (Phi) is 5.55. The average molecular weight is 307 g/mol. The van der Waals surface area contributed by atoms with Gasteiger partial charge in [-0.15, -0.1) is 10.2 Å². The molecule has 0 atom stereocenters. The van der Waals surface area contributed by atoms with Gasteiger partial charge in [0.2, 0.25) is 5.13 Å². The Labute approximate surface area is 127 Å². The molecule has 0 fully saturated rings. The summed E-state index contributed by atoms with van der Waals surface area (Å²) in [4.78, 5) is 12.1. The second-order valence-corrected chi connectivity index (χ2v) is 6.72. The van der Waals surface area contributed by atoms with Crippen LogP contribution in [-0.4, -0.2) is 21.9 Å². The van der Waals surface area contributed by atoms with Gasteiger partial charge in [0.05, 0.1) is 0 Å². The Hall–Kier alpha value is -1.40. The molecule has 0 saturated carbocycles. The first kappa shape index (κ1) is 15.0. The van der Waals surface area contributed by atoms with Gasteiger partial charge in [-0.1, -0.05) is 54.1 Å². The van der Waals surface area contributed by atoms with E-state index in [2.05, 4.69) is 22.4 Å². The Bertz CT molecular complexity index is 583. The van der Waals surface area contributed by atoms with Gasteiger partial charge in [0.1, 0.15) is 0 Å². The van der Waals surface area contributed by atoms with Crippen LogP contribution in [0.1, 0.15) is 35.7 Å². The maximum absolute atomic E-state index is 12.1. The third kappa shape index (κ3) is 4.31. The van der Waals surface area contributed by atoms with Crippen molar-refractivity contribution < 1.29 is 4.79 Å². The first-order chi connectivity index (χ1) is 9.69. The number of hydrogen-bond donors (Lipinski definition) is 1. The van der Waals surface area contributed by atoms with Crippen LogP contribution in [-0.2, 0) is 0 Å². The van der Waals surface area contributed by atoms with Crippen molar-refractivity contribution in [1.82, 2.24) is 10.2 Å². The summed E-state index contributed by atoms with van der Waals surface area (Å²) in [5, 5.41) is 11.4. The zero-order chi connectivity index (χ0) is 14.4. The normalized spacial score (nSPS) is 10.5. The van der Waals surface area contributed by atoms with Crippen LogP contribution in [0.2, 0.25) is 0 Å². The minimum absolute atomic E-state index is 0.144. The van der Waals surface area contributed by atoms with Crippen LogP contribution in [0.15, 0.2) is 28.6 Å². The summed E-state index contributed by atoms with van der Waals surface area (Å²) in [7, 11) is 0. The molecule has 6 heteroatoms. The third-order valence-corrected chi connectivity index (χ3v) is 4.69. The molecule has 1 heterocycles. The van der Waals surface area contributed by atoms with Crippen molar-refractivity contribution in [2.24, 2.45) is 0 Å². The molecule has 2 aromatic rings. The van der Waals surface area contributed by atoms with E-state index in [0.717, 1.165) is 22.1 Å². The number of rotatable bonds is 6. The number of carbonyl (C=O) groups is 1. The van der Waals surface area contributed by atoms with Crippen molar-refractivity contribution in [3.05, 3.63) is 35.4 Å².